The Morgan fingerprint density at radius 3 is 1.78 bits per heavy atom. The van der Waals surface area contributed by atoms with E-state index in [1.807, 2.05) is 91.0 Å². The number of urea groups is 1. The van der Waals surface area contributed by atoms with Crippen molar-refractivity contribution in [3.63, 3.8) is 0 Å². The number of nitrogens with one attached hydrogen (secondary N) is 2. The number of carbonyl (C=O) groups is 1. The molecule has 4 nitrogen and oxygen atoms in total. The van der Waals surface area contributed by atoms with Crippen molar-refractivity contribution >= 4 is 6.03 Å². The van der Waals surface area contributed by atoms with Crippen LogP contribution >= 0.6 is 0 Å². The molecule has 3 aromatic rings. The van der Waals surface area contributed by atoms with Crippen molar-refractivity contribution in [2.24, 2.45) is 0 Å². The van der Waals surface area contributed by atoms with Gasteiger partial charge < -0.3 is 15.7 Å². The smallest absolute Gasteiger partial charge is 0.315 e. The summed E-state index contributed by atoms with van der Waals surface area (Å²) in [6.45, 7) is 0.191. The summed E-state index contributed by atoms with van der Waals surface area (Å²) in [7, 11) is 0. The van der Waals surface area contributed by atoms with Crippen LogP contribution < -0.4 is 10.6 Å². The van der Waals surface area contributed by atoms with E-state index >= 15 is 0 Å². The third-order valence-electron chi connectivity index (χ3n) is 4.35. The molecule has 0 unspecified atom stereocenters. The molecule has 4 heteroatoms. The van der Waals surface area contributed by atoms with Gasteiger partial charge in [0.1, 0.15) is 0 Å². The van der Waals surface area contributed by atoms with Crippen LogP contribution in [0.5, 0.6) is 0 Å². The van der Waals surface area contributed by atoms with Crippen LogP contribution in [0.3, 0.4) is 0 Å². The van der Waals surface area contributed by atoms with Crippen molar-refractivity contribution < 1.29 is 9.90 Å². The minimum atomic E-state index is -0.634. The highest BCUT2D eigenvalue weighted by atomic mass is 16.3. The van der Waals surface area contributed by atoms with Gasteiger partial charge in [0.15, 0.2) is 0 Å². The van der Waals surface area contributed by atoms with Crippen LogP contribution in [0.1, 0.15) is 22.7 Å². The van der Waals surface area contributed by atoms with Crippen LogP contribution in [-0.2, 0) is 6.42 Å². The number of carbonyl (C=O) groups excluding carboxylic acids is 1. The summed E-state index contributed by atoms with van der Waals surface area (Å²) >= 11 is 0. The highest BCUT2D eigenvalue weighted by molar-refractivity contribution is 5.75. The van der Waals surface area contributed by atoms with Crippen LogP contribution in [0, 0.1) is 0 Å². The molecule has 3 aromatic carbocycles. The first-order chi connectivity index (χ1) is 13.2. The van der Waals surface area contributed by atoms with Crippen LogP contribution in [0.4, 0.5) is 4.79 Å². The maximum atomic E-state index is 12.4. The van der Waals surface area contributed by atoms with Crippen LogP contribution in [-0.4, -0.2) is 23.8 Å². The molecule has 27 heavy (non-hydrogen) atoms. The number of benzene rings is 3. The Labute approximate surface area is 159 Å². The Morgan fingerprint density at radius 1 is 0.778 bits per heavy atom. The zero-order valence-corrected chi connectivity index (χ0v) is 15.1. The van der Waals surface area contributed by atoms with E-state index in [1.54, 1.807) is 0 Å². The lowest BCUT2D eigenvalue weighted by molar-refractivity contribution is 0.170. The van der Waals surface area contributed by atoms with E-state index in [-0.39, 0.29) is 18.6 Å². The molecule has 2 amide bonds. The molecular formula is C23H24N2O2. The number of aliphatic hydroxyl groups excluding tert-OH is 1. The average molecular weight is 360 g/mol. The van der Waals surface area contributed by atoms with Crippen molar-refractivity contribution in [3.05, 3.63) is 108 Å². The number of aliphatic hydroxyl groups is 1. The molecule has 0 bridgehead atoms. The molecule has 3 rings (SSSR count). The normalized spacial score (nSPS) is 11.8. The van der Waals surface area contributed by atoms with Crippen molar-refractivity contribution in [2.75, 3.05) is 6.54 Å². The Bertz CT molecular complexity index is 783. The summed E-state index contributed by atoms with van der Waals surface area (Å²) in [6.07, 6.45) is -0.132. The molecule has 0 aromatic heterocycles. The molecule has 0 aliphatic rings. The van der Waals surface area contributed by atoms with Gasteiger partial charge >= 0.3 is 6.03 Å². The van der Waals surface area contributed by atoms with E-state index < -0.39 is 6.10 Å². The highest BCUT2D eigenvalue weighted by Crippen LogP contribution is 2.21. The first kappa shape index (κ1) is 18.7. The van der Waals surface area contributed by atoms with E-state index in [1.165, 1.54) is 0 Å². The summed E-state index contributed by atoms with van der Waals surface area (Å²) in [5.41, 5.74) is 3.05. The van der Waals surface area contributed by atoms with Crippen LogP contribution in [0.15, 0.2) is 91.0 Å². The molecule has 0 aliphatic heterocycles. The van der Waals surface area contributed by atoms with Gasteiger partial charge in [0.2, 0.25) is 0 Å². The first-order valence-electron chi connectivity index (χ1n) is 9.08. The second-order valence-electron chi connectivity index (χ2n) is 6.45. The molecule has 0 saturated heterocycles. The SMILES string of the molecule is O=C(NC[C@@H](O)Cc1ccccc1)NC(c1ccccc1)c1ccccc1. The molecule has 138 valence electrons. The largest absolute Gasteiger partial charge is 0.391 e. The predicted molar refractivity (Wildman–Crippen MR) is 107 cm³/mol. The lowest BCUT2D eigenvalue weighted by Gasteiger charge is -2.21. The maximum Gasteiger partial charge on any atom is 0.315 e. The highest BCUT2D eigenvalue weighted by Gasteiger charge is 2.17. The fraction of sp³-hybridized carbons (Fsp3) is 0.174. The Balaban J connectivity index is 1.60. The lowest BCUT2D eigenvalue weighted by Crippen LogP contribution is -2.42. The fourth-order valence-corrected chi connectivity index (χ4v) is 3.00. The quantitative estimate of drug-likeness (QED) is 0.602. The van der Waals surface area contributed by atoms with Gasteiger partial charge in [-0.25, -0.2) is 4.79 Å². The van der Waals surface area contributed by atoms with Gasteiger partial charge in [-0.3, -0.25) is 0 Å². The Hall–Kier alpha value is -3.11. The van der Waals surface area contributed by atoms with Crippen LogP contribution in [0.2, 0.25) is 0 Å². The van der Waals surface area contributed by atoms with Crippen molar-refractivity contribution in [1.29, 1.82) is 0 Å². The minimum Gasteiger partial charge on any atom is -0.391 e. The van der Waals surface area contributed by atoms with Gasteiger partial charge in [0, 0.05) is 13.0 Å². The third-order valence-corrected chi connectivity index (χ3v) is 4.35. The zero-order valence-electron chi connectivity index (χ0n) is 15.1. The summed E-state index contributed by atoms with van der Waals surface area (Å²) in [4.78, 5) is 12.4. The molecule has 1 atom stereocenters. The molecular weight excluding hydrogens is 336 g/mol. The monoisotopic (exact) mass is 360 g/mol. The van der Waals surface area contributed by atoms with Gasteiger partial charge in [-0.15, -0.1) is 0 Å². The standard InChI is InChI=1S/C23H24N2O2/c26-21(16-18-10-4-1-5-11-18)17-24-23(27)25-22(19-12-6-2-7-13-19)20-14-8-3-9-15-20/h1-15,21-22,26H,16-17H2,(H2,24,25,27)/t21-/m0/s1. The molecule has 0 aliphatic carbocycles. The molecule has 0 saturated carbocycles. The zero-order chi connectivity index (χ0) is 18.9. The van der Waals surface area contributed by atoms with Crippen molar-refractivity contribution in [2.45, 2.75) is 18.6 Å². The van der Waals surface area contributed by atoms with E-state index in [9.17, 15) is 9.90 Å². The van der Waals surface area contributed by atoms with E-state index in [4.69, 9.17) is 0 Å². The first-order valence-corrected chi connectivity index (χ1v) is 9.08. The van der Waals surface area contributed by atoms with E-state index in [2.05, 4.69) is 10.6 Å². The summed E-state index contributed by atoms with van der Waals surface area (Å²) in [5.74, 6) is 0. The van der Waals surface area contributed by atoms with Gasteiger partial charge in [-0.1, -0.05) is 91.0 Å². The van der Waals surface area contributed by atoms with Crippen molar-refractivity contribution in [3.8, 4) is 0 Å². The molecule has 0 radical (unpaired) electrons. The molecule has 0 spiro atoms. The molecule has 0 fully saturated rings. The Kier molecular flexibility index (Phi) is 6.61. The van der Waals surface area contributed by atoms with Gasteiger partial charge in [0.05, 0.1) is 12.1 Å². The van der Waals surface area contributed by atoms with Crippen molar-refractivity contribution in [1.82, 2.24) is 10.6 Å². The lowest BCUT2D eigenvalue weighted by atomic mass is 9.99. The summed E-state index contributed by atoms with van der Waals surface area (Å²) in [6, 6.07) is 28.8. The maximum absolute atomic E-state index is 12.4. The molecule has 3 N–H and O–H groups in total. The minimum absolute atomic E-state index is 0.191. The second kappa shape index (κ2) is 9.55. The fourth-order valence-electron chi connectivity index (χ4n) is 3.00. The average Bonchev–Trinajstić information content (AvgIpc) is 2.72. The van der Waals surface area contributed by atoms with E-state index in [0.29, 0.717) is 6.42 Å². The number of amides is 2. The van der Waals surface area contributed by atoms with Gasteiger partial charge in [-0.05, 0) is 16.7 Å². The van der Waals surface area contributed by atoms with Gasteiger partial charge in [-0.2, -0.15) is 0 Å². The molecule has 0 heterocycles. The number of hydrogen-bond donors (Lipinski definition) is 3. The predicted octanol–water partition coefficient (Wildman–Crippen LogP) is 3.68. The number of rotatable bonds is 7. The summed E-state index contributed by atoms with van der Waals surface area (Å²) in [5, 5.41) is 16.0. The Morgan fingerprint density at radius 2 is 1.26 bits per heavy atom. The van der Waals surface area contributed by atoms with Crippen LogP contribution in [0.25, 0.3) is 0 Å². The number of hydrogen-bond acceptors (Lipinski definition) is 2. The third kappa shape index (κ3) is 5.69. The second-order valence-corrected chi connectivity index (χ2v) is 6.45. The topological polar surface area (TPSA) is 61.4 Å². The van der Waals surface area contributed by atoms with Gasteiger partial charge in [0.25, 0.3) is 0 Å². The van der Waals surface area contributed by atoms with E-state index in [0.717, 1.165) is 16.7 Å². The summed E-state index contributed by atoms with van der Waals surface area (Å²) < 4.78 is 0.